The lowest BCUT2D eigenvalue weighted by Crippen LogP contribution is -2.29. The first kappa shape index (κ1) is 13.7. The molecule has 2 aromatic rings. The van der Waals surface area contributed by atoms with E-state index in [9.17, 15) is 4.79 Å². The third-order valence-electron chi connectivity index (χ3n) is 3.36. The smallest absolute Gasteiger partial charge is 0.253 e. The average molecular weight is 304 g/mol. The molecule has 0 spiro atoms. The Kier molecular flexibility index (Phi) is 3.66. The zero-order chi connectivity index (χ0) is 14.8. The standard InChI is InChI=1S/C15H14ClN3O2/c1-17-14-6-10(11(16)7-18-14)15(20)19-12-8-21-13-5-3-2-4-9(12)13/h2-7,12H,8H2,1H3,(H,17,18)(H,19,20). The third-order valence-corrected chi connectivity index (χ3v) is 3.66. The van der Waals surface area contributed by atoms with Crippen LogP contribution in [0.25, 0.3) is 0 Å². The Morgan fingerprint density at radius 2 is 2.24 bits per heavy atom. The van der Waals surface area contributed by atoms with Crippen molar-refractivity contribution in [3.63, 3.8) is 0 Å². The highest BCUT2D eigenvalue weighted by Gasteiger charge is 2.26. The highest BCUT2D eigenvalue weighted by atomic mass is 35.5. The van der Waals surface area contributed by atoms with Crippen LogP contribution in [-0.2, 0) is 0 Å². The van der Waals surface area contributed by atoms with Crippen LogP contribution in [0.1, 0.15) is 22.0 Å². The maximum atomic E-state index is 12.4. The summed E-state index contributed by atoms with van der Waals surface area (Å²) in [6, 6.07) is 9.11. The number of hydrogen-bond acceptors (Lipinski definition) is 4. The van der Waals surface area contributed by atoms with Crippen LogP contribution in [0, 0.1) is 0 Å². The number of aromatic nitrogens is 1. The summed E-state index contributed by atoms with van der Waals surface area (Å²) in [7, 11) is 1.74. The molecule has 0 radical (unpaired) electrons. The van der Waals surface area contributed by atoms with Gasteiger partial charge in [-0.3, -0.25) is 4.79 Å². The molecule has 21 heavy (non-hydrogen) atoms. The van der Waals surface area contributed by atoms with E-state index in [0.717, 1.165) is 11.3 Å². The van der Waals surface area contributed by atoms with E-state index < -0.39 is 0 Å². The third kappa shape index (κ3) is 2.64. The van der Waals surface area contributed by atoms with Crippen LogP contribution in [0.5, 0.6) is 5.75 Å². The van der Waals surface area contributed by atoms with E-state index in [4.69, 9.17) is 16.3 Å². The average Bonchev–Trinajstić information content (AvgIpc) is 2.91. The number of carbonyl (C=O) groups excluding carboxylic acids is 1. The molecule has 0 fully saturated rings. The second-order valence-corrected chi connectivity index (χ2v) is 5.08. The highest BCUT2D eigenvalue weighted by molar-refractivity contribution is 6.33. The first-order valence-electron chi connectivity index (χ1n) is 6.55. The van der Waals surface area contributed by atoms with Gasteiger partial charge in [0.2, 0.25) is 0 Å². The second kappa shape index (κ2) is 5.61. The number of pyridine rings is 1. The zero-order valence-electron chi connectivity index (χ0n) is 11.4. The largest absolute Gasteiger partial charge is 0.491 e. The molecule has 1 aliphatic heterocycles. The van der Waals surface area contributed by atoms with E-state index in [1.807, 2.05) is 24.3 Å². The number of nitrogens with one attached hydrogen (secondary N) is 2. The maximum absolute atomic E-state index is 12.4. The Balaban J connectivity index is 1.82. The van der Waals surface area contributed by atoms with Crippen molar-refractivity contribution in [3.8, 4) is 5.75 Å². The number of ether oxygens (including phenoxy) is 1. The van der Waals surface area contributed by atoms with Crippen molar-refractivity contribution in [2.75, 3.05) is 19.0 Å². The Bertz CT molecular complexity index is 690. The molecule has 0 bridgehead atoms. The van der Waals surface area contributed by atoms with Gasteiger partial charge >= 0.3 is 0 Å². The lowest BCUT2D eigenvalue weighted by molar-refractivity contribution is 0.0930. The molecule has 0 aliphatic carbocycles. The van der Waals surface area contributed by atoms with Gasteiger partial charge in [-0.2, -0.15) is 0 Å². The number of para-hydroxylation sites is 1. The molecule has 2 heterocycles. The summed E-state index contributed by atoms with van der Waals surface area (Å²) in [5, 5.41) is 6.14. The fraction of sp³-hybridized carbons (Fsp3) is 0.200. The van der Waals surface area contributed by atoms with Crippen LogP contribution < -0.4 is 15.4 Å². The predicted octanol–water partition coefficient (Wildman–Crippen LogP) is 2.64. The molecule has 1 aliphatic rings. The maximum Gasteiger partial charge on any atom is 0.253 e. The minimum absolute atomic E-state index is 0.170. The zero-order valence-corrected chi connectivity index (χ0v) is 12.1. The fourth-order valence-corrected chi connectivity index (χ4v) is 2.46. The Morgan fingerprint density at radius 1 is 1.43 bits per heavy atom. The van der Waals surface area contributed by atoms with Crippen molar-refractivity contribution in [1.29, 1.82) is 0 Å². The monoisotopic (exact) mass is 303 g/mol. The fourth-order valence-electron chi connectivity index (χ4n) is 2.27. The molecular formula is C15H14ClN3O2. The van der Waals surface area contributed by atoms with Crippen LogP contribution in [0.4, 0.5) is 5.82 Å². The molecule has 108 valence electrons. The SMILES string of the molecule is CNc1cc(C(=O)NC2COc3ccccc32)c(Cl)cn1. The molecule has 0 saturated carbocycles. The van der Waals surface area contributed by atoms with Gasteiger partial charge < -0.3 is 15.4 Å². The van der Waals surface area contributed by atoms with Gasteiger partial charge in [0, 0.05) is 18.8 Å². The summed E-state index contributed by atoms with van der Waals surface area (Å²) in [5.41, 5.74) is 1.37. The van der Waals surface area contributed by atoms with Gasteiger partial charge in [0.15, 0.2) is 0 Å². The van der Waals surface area contributed by atoms with Crippen molar-refractivity contribution in [3.05, 3.63) is 52.7 Å². The second-order valence-electron chi connectivity index (χ2n) is 4.67. The number of anilines is 1. The molecule has 5 nitrogen and oxygen atoms in total. The van der Waals surface area contributed by atoms with Gasteiger partial charge in [-0.05, 0) is 12.1 Å². The Morgan fingerprint density at radius 3 is 3.05 bits per heavy atom. The quantitative estimate of drug-likeness (QED) is 0.915. The van der Waals surface area contributed by atoms with Gasteiger partial charge in [-0.1, -0.05) is 29.8 Å². The molecular weight excluding hydrogens is 290 g/mol. The van der Waals surface area contributed by atoms with Crippen LogP contribution in [0.15, 0.2) is 36.5 Å². The summed E-state index contributed by atoms with van der Waals surface area (Å²) in [6.07, 6.45) is 1.46. The van der Waals surface area contributed by atoms with E-state index in [2.05, 4.69) is 15.6 Å². The minimum atomic E-state index is -0.246. The van der Waals surface area contributed by atoms with Crippen molar-refractivity contribution < 1.29 is 9.53 Å². The first-order chi connectivity index (χ1) is 10.2. The van der Waals surface area contributed by atoms with Crippen molar-refractivity contribution in [1.82, 2.24) is 10.3 Å². The summed E-state index contributed by atoms with van der Waals surface area (Å²) in [6.45, 7) is 0.423. The first-order valence-corrected chi connectivity index (χ1v) is 6.92. The normalized spacial score (nSPS) is 16.0. The highest BCUT2D eigenvalue weighted by Crippen LogP contribution is 2.32. The molecule has 2 N–H and O–H groups in total. The van der Waals surface area contributed by atoms with Crippen LogP contribution in [-0.4, -0.2) is 24.5 Å². The molecule has 1 unspecified atom stereocenters. The predicted molar refractivity (Wildman–Crippen MR) is 80.9 cm³/mol. The van der Waals surface area contributed by atoms with Crippen LogP contribution in [0.3, 0.4) is 0 Å². The van der Waals surface area contributed by atoms with Crippen molar-refractivity contribution >= 4 is 23.3 Å². The van der Waals surface area contributed by atoms with Gasteiger partial charge in [0.05, 0.1) is 16.6 Å². The topological polar surface area (TPSA) is 63.2 Å². The molecule has 3 rings (SSSR count). The summed E-state index contributed by atoms with van der Waals surface area (Å²) in [5.74, 6) is 1.15. The lowest BCUT2D eigenvalue weighted by Gasteiger charge is -2.13. The van der Waals surface area contributed by atoms with E-state index >= 15 is 0 Å². The van der Waals surface area contributed by atoms with Crippen molar-refractivity contribution in [2.24, 2.45) is 0 Å². The number of nitrogens with zero attached hydrogens (tertiary/aromatic N) is 1. The molecule has 1 aromatic heterocycles. The Labute approximate surface area is 127 Å². The van der Waals surface area contributed by atoms with Gasteiger partial charge in [-0.25, -0.2) is 4.98 Å². The lowest BCUT2D eigenvalue weighted by atomic mass is 10.1. The summed E-state index contributed by atoms with van der Waals surface area (Å²) < 4.78 is 5.55. The van der Waals surface area contributed by atoms with E-state index in [-0.39, 0.29) is 11.9 Å². The molecule has 6 heteroatoms. The van der Waals surface area contributed by atoms with E-state index in [1.54, 1.807) is 13.1 Å². The summed E-state index contributed by atoms with van der Waals surface area (Å²) in [4.78, 5) is 16.5. The number of amides is 1. The van der Waals surface area contributed by atoms with Crippen molar-refractivity contribution in [2.45, 2.75) is 6.04 Å². The van der Waals surface area contributed by atoms with Crippen LogP contribution in [0.2, 0.25) is 5.02 Å². The molecule has 1 atom stereocenters. The minimum Gasteiger partial charge on any atom is -0.491 e. The summed E-state index contributed by atoms with van der Waals surface area (Å²) >= 11 is 6.05. The number of carbonyl (C=O) groups is 1. The van der Waals surface area contributed by atoms with E-state index in [1.165, 1.54) is 6.20 Å². The number of hydrogen-bond donors (Lipinski definition) is 2. The number of benzene rings is 1. The number of halogens is 1. The molecule has 0 saturated heterocycles. The van der Waals surface area contributed by atoms with Gasteiger partial charge in [-0.15, -0.1) is 0 Å². The molecule has 1 aromatic carbocycles. The van der Waals surface area contributed by atoms with E-state index in [0.29, 0.717) is 23.0 Å². The van der Waals surface area contributed by atoms with Gasteiger partial charge in [0.1, 0.15) is 18.2 Å². The molecule has 1 amide bonds. The van der Waals surface area contributed by atoms with Gasteiger partial charge in [0.25, 0.3) is 5.91 Å². The Hall–Kier alpha value is -2.27. The number of rotatable bonds is 3. The van der Waals surface area contributed by atoms with Crippen LogP contribution >= 0.6 is 11.6 Å². The number of fused-ring (bicyclic) bond motifs is 1.